The van der Waals surface area contributed by atoms with Crippen molar-refractivity contribution in [2.75, 3.05) is 41.4 Å². The van der Waals surface area contributed by atoms with Gasteiger partial charge in [0.1, 0.15) is 0 Å². The molecular formula is C10H22ClNO3. The summed E-state index contributed by atoms with van der Waals surface area (Å²) in [6.45, 7) is 4.52. The second-order valence-electron chi connectivity index (χ2n) is 3.82. The van der Waals surface area contributed by atoms with Gasteiger partial charge in [0.2, 0.25) is 0 Å². The molecule has 4 nitrogen and oxygen atoms in total. The highest BCUT2D eigenvalue weighted by molar-refractivity contribution is 5.80. The zero-order valence-corrected chi connectivity index (χ0v) is 10.8. The number of nitrogens with zero attached hydrogens (tertiary/aromatic N) is 1. The normalized spacial score (nSPS) is 9.13. The van der Waals surface area contributed by atoms with Crippen molar-refractivity contribution < 1.29 is 31.5 Å². The van der Waals surface area contributed by atoms with E-state index in [2.05, 4.69) is 32.5 Å². The fourth-order valence-electron chi connectivity index (χ4n) is 0.628. The van der Waals surface area contributed by atoms with Gasteiger partial charge in [0.15, 0.2) is 0 Å². The highest BCUT2D eigenvalue weighted by atomic mass is 35.5. The molecule has 0 atom stereocenters. The minimum atomic E-state index is -0.394. The first kappa shape index (κ1) is 19.9. The molecule has 92 valence electrons. The molecule has 0 aromatic heterocycles. The second kappa shape index (κ2) is 11.5. The molecule has 0 aliphatic heterocycles. The summed E-state index contributed by atoms with van der Waals surface area (Å²) < 4.78 is 5.09. The predicted octanol–water partition coefficient (Wildman–Crippen LogP) is -2.58. The van der Waals surface area contributed by atoms with E-state index < -0.39 is 5.97 Å². The van der Waals surface area contributed by atoms with Crippen molar-refractivity contribution in [2.45, 2.75) is 6.42 Å². The van der Waals surface area contributed by atoms with Crippen molar-refractivity contribution in [3.8, 4) is 0 Å². The Bertz CT molecular complexity index is 167. The Hall–Kier alpha value is -0.580. The first-order valence-corrected chi connectivity index (χ1v) is 4.49. The summed E-state index contributed by atoms with van der Waals surface area (Å²) in [5, 5.41) is 8.42. The first-order chi connectivity index (χ1) is 6.37. The van der Waals surface area contributed by atoms with Gasteiger partial charge in [0.05, 0.1) is 34.8 Å². The minimum absolute atomic E-state index is 0. The molecule has 1 N–H and O–H groups in total. The van der Waals surface area contributed by atoms with Crippen LogP contribution in [0.2, 0.25) is 0 Å². The van der Waals surface area contributed by atoms with Gasteiger partial charge in [-0.1, -0.05) is 6.58 Å². The summed E-state index contributed by atoms with van der Waals surface area (Å²) in [7, 11) is 7.67. The number of carbonyl (C=O) groups excluding carboxylic acids is 1. The summed E-state index contributed by atoms with van der Waals surface area (Å²) >= 11 is 0. The Labute approximate surface area is 98.5 Å². The number of quaternary nitrogens is 1. The maximum atomic E-state index is 9.84. The topological polar surface area (TPSA) is 46.5 Å². The number of rotatable bonds is 4. The highest BCUT2D eigenvalue weighted by Gasteiger charge is 2.03. The second-order valence-corrected chi connectivity index (χ2v) is 3.82. The van der Waals surface area contributed by atoms with Crippen LogP contribution in [0.5, 0.6) is 0 Å². The molecule has 0 aliphatic rings. The number of ether oxygens (including phenoxy) is 1. The van der Waals surface area contributed by atoms with Crippen molar-refractivity contribution >= 4 is 5.97 Å². The molecule has 15 heavy (non-hydrogen) atoms. The number of hydrogen-bond acceptors (Lipinski definition) is 3. The summed E-state index contributed by atoms with van der Waals surface area (Å²) in [4.78, 5) is 9.84. The van der Waals surface area contributed by atoms with Crippen LogP contribution < -0.4 is 12.4 Å². The molecule has 0 unspecified atom stereocenters. The van der Waals surface area contributed by atoms with Gasteiger partial charge in [-0.15, -0.1) is 0 Å². The van der Waals surface area contributed by atoms with Crippen LogP contribution in [0.4, 0.5) is 0 Å². The van der Waals surface area contributed by atoms with Crippen LogP contribution in [0.3, 0.4) is 0 Å². The molecule has 0 aromatic rings. The standard InChI is InChI=1S/C6H16NO.C4H6O2.ClH/c1-7(2,3)5-4-6-8;1-3-4(5)6-2;/h8H,4-6H2,1-3H3;3H,1H2,2H3;1H/q+1;;/p-1. The van der Waals surface area contributed by atoms with Crippen LogP contribution in [0.15, 0.2) is 12.7 Å². The number of aliphatic hydroxyl groups excluding tert-OH is 1. The fourth-order valence-corrected chi connectivity index (χ4v) is 0.628. The van der Waals surface area contributed by atoms with Crippen LogP contribution >= 0.6 is 0 Å². The Morgan fingerprint density at radius 2 is 1.93 bits per heavy atom. The lowest BCUT2D eigenvalue weighted by atomic mass is 10.4. The minimum Gasteiger partial charge on any atom is -1.00 e. The number of carbonyl (C=O) groups is 1. The van der Waals surface area contributed by atoms with Gasteiger partial charge < -0.3 is 26.7 Å². The molecule has 0 spiro atoms. The maximum Gasteiger partial charge on any atom is 0.329 e. The Morgan fingerprint density at radius 3 is 2.00 bits per heavy atom. The number of methoxy groups -OCH3 is 1. The van der Waals surface area contributed by atoms with E-state index in [0.29, 0.717) is 6.61 Å². The molecule has 0 radical (unpaired) electrons. The summed E-state index contributed by atoms with van der Waals surface area (Å²) in [6.07, 6.45) is 2.02. The summed E-state index contributed by atoms with van der Waals surface area (Å²) in [5.41, 5.74) is 0. The summed E-state index contributed by atoms with van der Waals surface area (Å²) in [5.74, 6) is -0.394. The Balaban J connectivity index is -0.000000187. The van der Waals surface area contributed by atoms with E-state index in [1.807, 2.05) is 0 Å². The molecule has 0 aromatic carbocycles. The average molecular weight is 240 g/mol. The van der Waals surface area contributed by atoms with Crippen molar-refractivity contribution in [2.24, 2.45) is 0 Å². The van der Waals surface area contributed by atoms with Gasteiger partial charge in [-0.2, -0.15) is 0 Å². The monoisotopic (exact) mass is 239 g/mol. The van der Waals surface area contributed by atoms with Crippen molar-refractivity contribution in [1.29, 1.82) is 0 Å². The number of hydrogen-bond donors (Lipinski definition) is 1. The van der Waals surface area contributed by atoms with Crippen molar-refractivity contribution in [3.63, 3.8) is 0 Å². The lowest BCUT2D eigenvalue weighted by Crippen LogP contribution is -3.00. The first-order valence-electron chi connectivity index (χ1n) is 4.49. The van der Waals surface area contributed by atoms with Crippen LogP contribution in [-0.4, -0.2) is 57.0 Å². The average Bonchev–Trinajstić information content (AvgIpc) is 2.13. The summed E-state index contributed by atoms with van der Waals surface area (Å²) in [6, 6.07) is 0. The van der Waals surface area contributed by atoms with Crippen LogP contribution in [-0.2, 0) is 9.53 Å². The van der Waals surface area contributed by atoms with E-state index in [4.69, 9.17) is 5.11 Å². The molecular weight excluding hydrogens is 218 g/mol. The van der Waals surface area contributed by atoms with Gasteiger partial charge in [0, 0.05) is 19.1 Å². The van der Waals surface area contributed by atoms with E-state index in [-0.39, 0.29) is 12.4 Å². The van der Waals surface area contributed by atoms with E-state index in [1.165, 1.54) is 7.11 Å². The SMILES string of the molecule is C=CC(=O)OC.C[N+](C)(C)CCCO.[Cl-]. The molecule has 0 saturated heterocycles. The zero-order valence-electron chi connectivity index (χ0n) is 9.99. The molecule has 0 aliphatic carbocycles. The number of aliphatic hydroxyl groups is 1. The molecule has 0 saturated carbocycles. The smallest absolute Gasteiger partial charge is 0.329 e. The molecule has 0 bridgehead atoms. The van der Waals surface area contributed by atoms with E-state index in [1.54, 1.807) is 0 Å². The van der Waals surface area contributed by atoms with E-state index in [9.17, 15) is 4.79 Å². The third-order valence-electron chi connectivity index (χ3n) is 1.35. The lowest BCUT2D eigenvalue weighted by molar-refractivity contribution is -0.870. The van der Waals surface area contributed by atoms with Gasteiger partial charge in [0.25, 0.3) is 0 Å². The lowest BCUT2D eigenvalue weighted by Gasteiger charge is -2.22. The van der Waals surface area contributed by atoms with E-state index >= 15 is 0 Å². The van der Waals surface area contributed by atoms with Crippen LogP contribution in [0.1, 0.15) is 6.42 Å². The largest absolute Gasteiger partial charge is 1.00 e. The number of halogens is 1. The quantitative estimate of drug-likeness (QED) is 0.333. The molecule has 0 rings (SSSR count). The molecule has 0 fully saturated rings. The van der Waals surface area contributed by atoms with Gasteiger partial charge in [-0.25, -0.2) is 4.79 Å². The van der Waals surface area contributed by atoms with Gasteiger partial charge in [-0.3, -0.25) is 0 Å². The van der Waals surface area contributed by atoms with Crippen LogP contribution in [0.25, 0.3) is 0 Å². The van der Waals surface area contributed by atoms with Gasteiger partial charge in [-0.05, 0) is 0 Å². The Morgan fingerprint density at radius 1 is 1.47 bits per heavy atom. The maximum absolute atomic E-state index is 9.84. The zero-order chi connectivity index (χ0) is 11.6. The van der Waals surface area contributed by atoms with Crippen LogP contribution in [0, 0.1) is 0 Å². The highest BCUT2D eigenvalue weighted by Crippen LogP contribution is 1.90. The Kier molecular flexibility index (Phi) is 15.3. The molecule has 0 amide bonds. The van der Waals surface area contributed by atoms with E-state index in [0.717, 1.165) is 23.5 Å². The third kappa shape index (κ3) is 24.7. The third-order valence-corrected chi connectivity index (χ3v) is 1.35. The predicted molar refractivity (Wildman–Crippen MR) is 56.8 cm³/mol. The molecule has 5 heteroatoms. The fraction of sp³-hybridized carbons (Fsp3) is 0.700. The molecule has 0 heterocycles. The van der Waals surface area contributed by atoms with Crippen molar-refractivity contribution in [3.05, 3.63) is 12.7 Å². The van der Waals surface area contributed by atoms with Crippen molar-refractivity contribution in [1.82, 2.24) is 0 Å². The van der Waals surface area contributed by atoms with Gasteiger partial charge >= 0.3 is 5.97 Å². The number of esters is 1.